The fraction of sp³-hybridized carbons (Fsp3) is 0.682. The molecule has 0 aromatic carbocycles. The zero-order valence-electron chi connectivity index (χ0n) is 17.2. The lowest BCUT2D eigenvalue weighted by molar-refractivity contribution is -0.131. The number of hydrogen-bond donors (Lipinski definition) is 2. The van der Waals surface area contributed by atoms with E-state index in [2.05, 4.69) is 10.4 Å². The van der Waals surface area contributed by atoms with Gasteiger partial charge in [0.25, 0.3) is 5.91 Å². The number of hydrogen-bond acceptors (Lipinski definition) is 4. The van der Waals surface area contributed by atoms with E-state index in [0.717, 1.165) is 17.9 Å². The van der Waals surface area contributed by atoms with Crippen LogP contribution in [-0.4, -0.2) is 39.4 Å². The Hall–Kier alpha value is -2.31. The van der Waals surface area contributed by atoms with Gasteiger partial charge in [0.1, 0.15) is 5.56 Å². The number of carboxylic acid groups (broad SMARTS) is 1. The third-order valence-corrected chi connectivity index (χ3v) is 6.65. The van der Waals surface area contributed by atoms with Crippen LogP contribution in [0, 0.1) is 29.6 Å². The van der Waals surface area contributed by atoms with Crippen LogP contribution in [0.25, 0.3) is 0 Å². The molecule has 2 N–H and O–H groups in total. The average molecular weight is 402 g/mol. The van der Waals surface area contributed by atoms with Gasteiger partial charge in [0.15, 0.2) is 0 Å². The van der Waals surface area contributed by atoms with Gasteiger partial charge in [0.2, 0.25) is 5.88 Å². The van der Waals surface area contributed by atoms with Crippen molar-refractivity contribution in [2.45, 2.75) is 58.5 Å². The van der Waals surface area contributed by atoms with Crippen LogP contribution >= 0.6 is 0 Å². The van der Waals surface area contributed by atoms with Crippen LogP contribution in [0.5, 0.6) is 5.88 Å². The van der Waals surface area contributed by atoms with E-state index in [9.17, 15) is 9.59 Å². The Morgan fingerprint density at radius 1 is 1.24 bits per heavy atom. The first-order valence-electron chi connectivity index (χ1n) is 10.8. The van der Waals surface area contributed by atoms with E-state index in [4.69, 9.17) is 9.84 Å². The molecule has 4 aliphatic rings. The standard InChI is InChI=1S/C22H31N3O4/c1-13(2)12-29-22-18(11-23-25(22)5-3-4-19(26)27)21(28)24-20-16-7-14-6-15(9-16)10-17(20)8-14/h3-4,11,13-17,20H,5-10,12H2,1-2H3,(H,24,28)(H,26,27)/b4-3+. The number of rotatable bonds is 8. The predicted molar refractivity (Wildman–Crippen MR) is 108 cm³/mol. The monoisotopic (exact) mass is 401 g/mol. The summed E-state index contributed by atoms with van der Waals surface area (Å²) < 4.78 is 7.46. The van der Waals surface area contributed by atoms with Crippen LogP contribution in [0.15, 0.2) is 18.3 Å². The third-order valence-electron chi connectivity index (χ3n) is 6.65. The molecule has 1 aromatic heterocycles. The SMILES string of the molecule is CC(C)COc1c(C(=O)NC2C3CC4CC(C3)CC2C4)cnn1C/C=C/C(=O)O. The largest absolute Gasteiger partial charge is 0.478 e. The molecule has 1 aromatic rings. The molecule has 1 heterocycles. The Bertz CT molecular complexity index is 770. The molecular formula is C22H31N3O4. The van der Waals surface area contributed by atoms with Gasteiger partial charge in [0, 0.05) is 12.1 Å². The summed E-state index contributed by atoms with van der Waals surface area (Å²) in [6.07, 6.45) is 10.5. The number of nitrogens with zero attached hydrogens (tertiary/aromatic N) is 2. The van der Waals surface area contributed by atoms with Crippen LogP contribution in [0.2, 0.25) is 0 Å². The molecule has 4 saturated carbocycles. The second-order valence-corrected chi connectivity index (χ2v) is 9.42. The first kappa shape index (κ1) is 20.0. The van der Waals surface area contributed by atoms with Crippen molar-refractivity contribution in [1.29, 1.82) is 0 Å². The van der Waals surface area contributed by atoms with Crippen molar-refractivity contribution in [2.75, 3.05) is 6.61 Å². The number of ether oxygens (including phenoxy) is 1. The Morgan fingerprint density at radius 2 is 1.90 bits per heavy atom. The summed E-state index contributed by atoms with van der Waals surface area (Å²) in [5, 5.41) is 16.4. The lowest BCUT2D eigenvalue weighted by atomic mass is 9.54. The van der Waals surface area contributed by atoms with Gasteiger partial charge in [-0.1, -0.05) is 19.9 Å². The molecular weight excluding hydrogens is 370 g/mol. The summed E-state index contributed by atoms with van der Waals surface area (Å²) in [6.45, 7) is 4.79. The Morgan fingerprint density at radius 3 is 2.48 bits per heavy atom. The van der Waals surface area contributed by atoms with E-state index in [1.165, 1.54) is 44.4 Å². The molecule has 0 spiro atoms. The molecule has 158 valence electrons. The number of carbonyl (C=O) groups excluding carboxylic acids is 1. The Kier molecular flexibility index (Phi) is 5.65. The van der Waals surface area contributed by atoms with E-state index >= 15 is 0 Å². The number of aliphatic carboxylic acids is 1. The molecule has 0 atom stereocenters. The van der Waals surface area contributed by atoms with Crippen LogP contribution < -0.4 is 10.1 Å². The van der Waals surface area contributed by atoms with E-state index in [1.54, 1.807) is 4.68 Å². The topological polar surface area (TPSA) is 93.5 Å². The first-order valence-corrected chi connectivity index (χ1v) is 10.8. The van der Waals surface area contributed by atoms with Crippen LogP contribution in [0.1, 0.15) is 56.3 Å². The van der Waals surface area contributed by atoms with Gasteiger partial charge < -0.3 is 15.2 Å². The molecule has 0 unspecified atom stereocenters. The molecule has 0 radical (unpaired) electrons. The quantitative estimate of drug-likeness (QED) is 0.653. The van der Waals surface area contributed by atoms with Gasteiger partial charge in [-0.25, -0.2) is 9.48 Å². The highest BCUT2D eigenvalue weighted by molar-refractivity contribution is 5.96. The highest BCUT2D eigenvalue weighted by Crippen LogP contribution is 2.53. The van der Waals surface area contributed by atoms with E-state index in [-0.39, 0.29) is 18.5 Å². The Balaban J connectivity index is 1.49. The molecule has 1 amide bonds. The van der Waals surface area contributed by atoms with Gasteiger partial charge >= 0.3 is 5.97 Å². The second kappa shape index (κ2) is 8.20. The number of allylic oxidation sites excluding steroid dienone is 1. The minimum absolute atomic E-state index is 0.130. The van der Waals surface area contributed by atoms with Crippen molar-refractivity contribution in [2.24, 2.45) is 29.6 Å². The average Bonchev–Trinajstić information content (AvgIpc) is 3.05. The van der Waals surface area contributed by atoms with Gasteiger partial charge in [-0.3, -0.25) is 4.79 Å². The summed E-state index contributed by atoms with van der Waals surface area (Å²) in [5.41, 5.74) is 0.434. The molecule has 0 aliphatic heterocycles. The van der Waals surface area contributed by atoms with Gasteiger partial charge in [-0.05, 0) is 61.7 Å². The summed E-state index contributed by atoms with van der Waals surface area (Å²) in [7, 11) is 0. The number of nitrogens with one attached hydrogen (secondary N) is 1. The third kappa shape index (κ3) is 4.33. The van der Waals surface area contributed by atoms with Crippen molar-refractivity contribution in [3.63, 3.8) is 0 Å². The van der Waals surface area contributed by atoms with Crippen molar-refractivity contribution >= 4 is 11.9 Å². The molecule has 4 fully saturated rings. The predicted octanol–water partition coefficient (Wildman–Crippen LogP) is 3.11. The van der Waals surface area contributed by atoms with Gasteiger partial charge in [-0.15, -0.1) is 0 Å². The fourth-order valence-corrected chi connectivity index (χ4v) is 5.70. The minimum Gasteiger partial charge on any atom is -0.478 e. The number of carbonyl (C=O) groups is 2. The molecule has 7 heteroatoms. The second-order valence-electron chi connectivity index (χ2n) is 9.42. The lowest BCUT2D eigenvalue weighted by Crippen LogP contribution is -2.55. The lowest BCUT2D eigenvalue weighted by Gasteiger charge is -2.54. The van der Waals surface area contributed by atoms with E-state index in [1.807, 2.05) is 13.8 Å². The van der Waals surface area contributed by atoms with Crippen molar-refractivity contribution in [1.82, 2.24) is 15.1 Å². The zero-order chi connectivity index (χ0) is 20.5. The maximum absolute atomic E-state index is 13.1. The summed E-state index contributed by atoms with van der Waals surface area (Å²) in [6, 6.07) is 0.253. The maximum Gasteiger partial charge on any atom is 0.328 e. The van der Waals surface area contributed by atoms with Crippen LogP contribution in [0.4, 0.5) is 0 Å². The Labute approximate surface area is 171 Å². The highest BCUT2D eigenvalue weighted by atomic mass is 16.5. The number of amides is 1. The summed E-state index contributed by atoms with van der Waals surface area (Å²) in [5.74, 6) is 2.49. The molecule has 0 saturated heterocycles. The normalized spacial score (nSPS) is 30.2. The van der Waals surface area contributed by atoms with Crippen molar-refractivity contribution < 1.29 is 19.4 Å². The maximum atomic E-state index is 13.1. The van der Waals surface area contributed by atoms with Crippen LogP contribution in [0.3, 0.4) is 0 Å². The van der Waals surface area contributed by atoms with Crippen molar-refractivity contribution in [3.8, 4) is 5.88 Å². The van der Waals surface area contributed by atoms with E-state index < -0.39 is 5.97 Å². The van der Waals surface area contributed by atoms with E-state index in [0.29, 0.717) is 35.8 Å². The molecule has 7 nitrogen and oxygen atoms in total. The van der Waals surface area contributed by atoms with Crippen LogP contribution in [-0.2, 0) is 11.3 Å². The smallest absolute Gasteiger partial charge is 0.328 e. The van der Waals surface area contributed by atoms with Gasteiger partial charge in [0.05, 0.1) is 19.3 Å². The number of aromatic nitrogens is 2. The first-order chi connectivity index (χ1) is 13.9. The highest BCUT2D eigenvalue weighted by Gasteiger charge is 2.48. The molecule has 4 bridgehead atoms. The van der Waals surface area contributed by atoms with Crippen molar-refractivity contribution in [3.05, 3.63) is 23.9 Å². The molecule has 29 heavy (non-hydrogen) atoms. The summed E-state index contributed by atoms with van der Waals surface area (Å²) >= 11 is 0. The minimum atomic E-state index is -1.01. The fourth-order valence-electron chi connectivity index (χ4n) is 5.70. The molecule has 4 aliphatic carbocycles. The zero-order valence-corrected chi connectivity index (χ0v) is 17.2. The molecule has 5 rings (SSSR count). The number of carboxylic acids is 1. The van der Waals surface area contributed by atoms with Gasteiger partial charge in [-0.2, -0.15) is 5.10 Å². The summed E-state index contributed by atoms with van der Waals surface area (Å²) in [4.78, 5) is 23.9.